The van der Waals surface area contributed by atoms with E-state index < -0.39 is 0 Å². The Labute approximate surface area is 101 Å². The maximum atomic E-state index is 9.30. The first kappa shape index (κ1) is 11.8. The molecule has 0 aliphatic carbocycles. The summed E-state index contributed by atoms with van der Waals surface area (Å²) in [4.78, 5) is 10.6. The number of aliphatic hydroxyl groups is 1. The maximum absolute atomic E-state index is 9.30. The van der Waals surface area contributed by atoms with Crippen molar-refractivity contribution in [3.8, 4) is 0 Å². The van der Waals surface area contributed by atoms with Crippen molar-refractivity contribution < 1.29 is 5.11 Å². The summed E-state index contributed by atoms with van der Waals surface area (Å²) in [7, 11) is 1.98. The van der Waals surface area contributed by atoms with Gasteiger partial charge in [-0.2, -0.15) is 0 Å². The molecule has 1 atom stereocenters. The van der Waals surface area contributed by atoms with Crippen molar-refractivity contribution in [1.29, 1.82) is 0 Å². The van der Waals surface area contributed by atoms with Crippen molar-refractivity contribution in [1.82, 2.24) is 9.97 Å². The van der Waals surface area contributed by atoms with E-state index in [9.17, 15) is 5.11 Å². The van der Waals surface area contributed by atoms with Gasteiger partial charge in [-0.1, -0.05) is 12.1 Å². The van der Waals surface area contributed by atoms with Crippen LogP contribution in [-0.2, 0) is 0 Å². The van der Waals surface area contributed by atoms with Crippen molar-refractivity contribution in [2.75, 3.05) is 18.5 Å². The van der Waals surface area contributed by atoms with Crippen LogP contribution in [0.2, 0.25) is 0 Å². The van der Waals surface area contributed by atoms with Gasteiger partial charge in [0.05, 0.1) is 11.6 Å². The van der Waals surface area contributed by atoms with E-state index in [-0.39, 0.29) is 6.10 Å². The summed E-state index contributed by atoms with van der Waals surface area (Å²) in [5.74, 6) is 0.913. The van der Waals surface area contributed by atoms with Gasteiger partial charge in [0.25, 0.3) is 0 Å². The molecular formula is C13H17N3O. The van der Waals surface area contributed by atoms with E-state index in [4.69, 9.17) is 0 Å². The maximum Gasteiger partial charge on any atom is 0.139 e. The highest BCUT2D eigenvalue weighted by atomic mass is 16.3. The molecule has 0 radical (unpaired) electrons. The van der Waals surface area contributed by atoms with E-state index >= 15 is 0 Å². The SMILES string of the molecule is CC(O)CCN(C)c1ncnc2ccccc12. The second-order valence-corrected chi connectivity index (χ2v) is 4.27. The van der Waals surface area contributed by atoms with Crippen molar-refractivity contribution in [2.45, 2.75) is 19.4 Å². The number of hydrogen-bond donors (Lipinski definition) is 1. The van der Waals surface area contributed by atoms with Gasteiger partial charge >= 0.3 is 0 Å². The number of hydrogen-bond acceptors (Lipinski definition) is 4. The van der Waals surface area contributed by atoms with Crippen molar-refractivity contribution in [3.63, 3.8) is 0 Å². The first-order valence-electron chi connectivity index (χ1n) is 5.77. The van der Waals surface area contributed by atoms with Gasteiger partial charge in [0.2, 0.25) is 0 Å². The zero-order valence-corrected chi connectivity index (χ0v) is 10.2. The summed E-state index contributed by atoms with van der Waals surface area (Å²) in [6.45, 7) is 2.57. The number of rotatable bonds is 4. The fraction of sp³-hybridized carbons (Fsp3) is 0.385. The molecule has 0 amide bonds. The highest BCUT2D eigenvalue weighted by Crippen LogP contribution is 2.21. The van der Waals surface area contributed by atoms with Crippen LogP contribution >= 0.6 is 0 Å². The van der Waals surface area contributed by atoms with Gasteiger partial charge in [-0.3, -0.25) is 0 Å². The molecule has 0 spiro atoms. The van der Waals surface area contributed by atoms with Crippen LogP contribution in [0.15, 0.2) is 30.6 Å². The second kappa shape index (κ2) is 5.10. The molecule has 1 unspecified atom stereocenters. The molecule has 4 heteroatoms. The van der Waals surface area contributed by atoms with Gasteiger partial charge in [-0.25, -0.2) is 9.97 Å². The van der Waals surface area contributed by atoms with E-state index in [0.717, 1.165) is 29.7 Å². The van der Waals surface area contributed by atoms with Crippen LogP contribution in [0.4, 0.5) is 5.82 Å². The Kier molecular flexibility index (Phi) is 3.54. The van der Waals surface area contributed by atoms with Crippen molar-refractivity contribution in [2.24, 2.45) is 0 Å². The Morgan fingerprint density at radius 1 is 1.29 bits per heavy atom. The Morgan fingerprint density at radius 3 is 2.82 bits per heavy atom. The standard InChI is InChI=1S/C13H17N3O/c1-10(17)7-8-16(2)13-11-5-3-4-6-12(11)14-9-15-13/h3-6,9-10,17H,7-8H2,1-2H3. The monoisotopic (exact) mass is 231 g/mol. The minimum Gasteiger partial charge on any atom is -0.393 e. The molecule has 17 heavy (non-hydrogen) atoms. The second-order valence-electron chi connectivity index (χ2n) is 4.27. The lowest BCUT2D eigenvalue weighted by molar-refractivity contribution is 0.187. The van der Waals surface area contributed by atoms with Crippen LogP contribution in [0.5, 0.6) is 0 Å². The third-order valence-electron chi connectivity index (χ3n) is 2.77. The molecule has 2 aromatic rings. The van der Waals surface area contributed by atoms with Gasteiger partial charge in [0.15, 0.2) is 0 Å². The number of nitrogens with zero attached hydrogens (tertiary/aromatic N) is 3. The molecule has 1 aromatic carbocycles. The first-order valence-corrected chi connectivity index (χ1v) is 5.77. The third kappa shape index (κ3) is 2.71. The third-order valence-corrected chi connectivity index (χ3v) is 2.77. The highest BCUT2D eigenvalue weighted by Gasteiger charge is 2.08. The minimum atomic E-state index is -0.287. The van der Waals surface area contributed by atoms with Crippen LogP contribution < -0.4 is 4.90 Å². The highest BCUT2D eigenvalue weighted by molar-refractivity contribution is 5.88. The topological polar surface area (TPSA) is 49.2 Å². The predicted molar refractivity (Wildman–Crippen MR) is 69.1 cm³/mol. The quantitative estimate of drug-likeness (QED) is 0.872. The molecule has 1 N–H and O–H groups in total. The lowest BCUT2D eigenvalue weighted by Gasteiger charge is -2.20. The van der Waals surface area contributed by atoms with Gasteiger partial charge in [-0.05, 0) is 25.5 Å². The molecule has 0 saturated carbocycles. The van der Waals surface area contributed by atoms with Gasteiger partial charge in [0, 0.05) is 19.0 Å². The van der Waals surface area contributed by atoms with E-state index in [1.54, 1.807) is 13.3 Å². The number of para-hydroxylation sites is 1. The largest absolute Gasteiger partial charge is 0.393 e. The predicted octanol–water partition coefficient (Wildman–Crippen LogP) is 1.84. The Balaban J connectivity index is 2.28. The number of fused-ring (bicyclic) bond motifs is 1. The van der Waals surface area contributed by atoms with E-state index in [2.05, 4.69) is 14.9 Å². The summed E-state index contributed by atoms with van der Waals surface area (Å²) >= 11 is 0. The zero-order valence-electron chi connectivity index (χ0n) is 10.2. The average molecular weight is 231 g/mol. The smallest absolute Gasteiger partial charge is 0.139 e. The zero-order chi connectivity index (χ0) is 12.3. The fourth-order valence-electron chi connectivity index (χ4n) is 1.78. The van der Waals surface area contributed by atoms with E-state index in [0.29, 0.717) is 0 Å². The van der Waals surface area contributed by atoms with Gasteiger partial charge < -0.3 is 10.0 Å². The van der Waals surface area contributed by atoms with Gasteiger partial charge in [0.1, 0.15) is 12.1 Å². The number of aliphatic hydroxyl groups excluding tert-OH is 1. The summed E-state index contributed by atoms with van der Waals surface area (Å²) < 4.78 is 0. The van der Waals surface area contributed by atoms with Crippen LogP contribution in [0.25, 0.3) is 10.9 Å². The molecular weight excluding hydrogens is 214 g/mol. The van der Waals surface area contributed by atoms with Gasteiger partial charge in [-0.15, -0.1) is 0 Å². The molecule has 4 nitrogen and oxygen atoms in total. The molecule has 90 valence electrons. The number of benzene rings is 1. The Bertz CT molecular complexity index is 493. The number of aromatic nitrogens is 2. The molecule has 0 saturated heterocycles. The lowest BCUT2D eigenvalue weighted by atomic mass is 10.2. The van der Waals surface area contributed by atoms with Crippen molar-refractivity contribution >= 4 is 16.7 Å². The molecule has 2 rings (SSSR count). The molecule has 0 aliphatic heterocycles. The summed E-state index contributed by atoms with van der Waals surface area (Å²) in [6, 6.07) is 7.94. The Hall–Kier alpha value is -1.68. The fourth-order valence-corrected chi connectivity index (χ4v) is 1.78. The summed E-state index contributed by atoms with van der Waals surface area (Å²) in [6.07, 6.45) is 2.02. The molecule has 1 heterocycles. The van der Waals surface area contributed by atoms with Crippen LogP contribution in [0, 0.1) is 0 Å². The molecule has 0 bridgehead atoms. The molecule has 0 aliphatic rings. The number of anilines is 1. The summed E-state index contributed by atoms with van der Waals surface area (Å²) in [5, 5.41) is 10.3. The van der Waals surface area contributed by atoms with Crippen LogP contribution in [0.1, 0.15) is 13.3 Å². The Morgan fingerprint density at radius 2 is 2.06 bits per heavy atom. The normalized spacial score (nSPS) is 12.6. The minimum absolute atomic E-state index is 0.287. The lowest BCUT2D eigenvalue weighted by Crippen LogP contribution is -2.23. The first-order chi connectivity index (χ1) is 8.18. The summed E-state index contributed by atoms with van der Waals surface area (Å²) in [5.41, 5.74) is 0.946. The molecule has 0 fully saturated rings. The van der Waals surface area contributed by atoms with E-state index in [1.807, 2.05) is 31.3 Å². The van der Waals surface area contributed by atoms with E-state index in [1.165, 1.54) is 0 Å². The van der Waals surface area contributed by atoms with Crippen molar-refractivity contribution in [3.05, 3.63) is 30.6 Å². The van der Waals surface area contributed by atoms with Crippen LogP contribution in [-0.4, -0.2) is 34.8 Å². The van der Waals surface area contributed by atoms with Crippen LogP contribution in [0.3, 0.4) is 0 Å². The molecule has 1 aromatic heterocycles. The average Bonchev–Trinajstić information content (AvgIpc) is 2.35.